The number of nitriles is 1. The van der Waals surface area contributed by atoms with Gasteiger partial charge >= 0.3 is 5.69 Å². The number of benzene rings is 1. The Morgan fingerprint density at radius 1 is 1.30 bits per heavy atom. The summed E-state index contributed by atoms with van der Waals surface area (Å²) in [6.45, 7) is 3.99. The van der Waals surface area contributed by atoms with Crippen LogP contribution in [0.2, 0.25) is 0 Å². The fourth-order valence-electron chi connectivity index (χ4n) is 3.33. The number of thiazole rings is 1. The van der Waals surface area contributed by atoms with Crippen molar-refractivity contribution in [3.05, 3.63) is 55.1 Å². The number of sulfonamides is 1. The van der Waals surface area contributed by atoms with Crippen molar-refractivity contribution >= 4 is 32.3 Å². The van der Waals surface area contributed by atoms with E-state index in [4.69, 9.17) is 0 Å². The van der Waals surface area contributed by atoms with Gasteiger partial charge in [-0.05, 0) is 44.9 Å². The van der Waals surface area contributed by atoms with E-state index in [2.05, 4.69) is 9.71 Å². The minimum atomic E-state index is -3.99. The van der Waals surface area contributed by atoms with E-state index in [1.54, 1.807) is 13.1 Å². The lowest BCUT2D eigenvalue weighted by Gasteiger charge is -2.14. The molecule has 156 valence electrons. The number of aromatic nitrogens is 3. The lowest BCUT2D eigenvalue weighted by Crippen LogP contribution is -2.40. The van der Waals surface area contributed by atoms with Crippen LogP contribution in [0.1, 0.15) is 29.7 Å². The Balaban J connectivity index is 1.88. The third kappa shape index (κ3) is 3.47. The van der Waals surface area contributed by atoms with Crippen molar-refractivity contribution < 1.29 is 8.42 Å². The highest BCUT2D eigenvalue weighted by Gasteiger charge is 2.46. The molecule has 3 aromatic rings. The highest BCUT2D eigenvalue weighted by Crippen LogP contribution is 2.36. The predicted molar refractivity (Wildman–Crippen MR) is 112 cm³/mol. The molecule has 1 aliphatic rings. The van der Waals surface area contributed by atoms with Crippen LogP contribution < -0.4 is 16.0 Å². The summed E-state index contributed by atoms with van der Waals surface area (Å²) >= 11 is 1.39. The van der Waals surface area contributed by atoms with Gasteiger partial charge in [-0.2, -0.15) is 9.98 Å². The molecule has 1 aromatic carbocycles. The van der Waals surface area contributed by atoms with Crippen LogP contribution >= 0.6 is 11.3 Å². The Kier molecular flexibility index (Phi) is 4.88. The minimum absolute atomic E-state index is 0.0614. The zero-order valence-electron chi connectivity index (χ0n) is 16.4. The summed E-state index contributed by atoms with van der Waals surface area (Å²) in [6, 6.07) is 6.06. The molecular formula is C19H19N5O4S2. The lowest BCUT2D eigenvalue weighted by molar-refractivity contribution is 0.571. The molecule has 4 rings (SSSR count). The maximum atomic E-state index is 13.1. The molecule has 2 aromatic heterocycles. The van der Waals surface area contributed by atoms with Crippen molar-refractivity contribution in [2.24, 2.45) is 0 Å². The fraction of sp³-hybridized carbons (Fsp3) is 0.368. The van der Waals surface area contributed by atoms with E-state index >= 15 is 0 Å². The van der Waals surface area contributed by atoms with Crippen molar-refractivity contribution in [3.63, 3.8) is 0 Å². The summed E-state index contributed by atoms with van der Waals surface area (Å²) in [6.07, 6.45) is 2.52. The van der Waals surface area contributed by atoms with E-state index in [9.17, 15) is 23.3 Å². The Morgan fingerprint density at radius 3 is 2.60 bits per heavy atom. The van der Waals surface area contributed by atoms with Gasteiger partial charge in [0.15, 0.2) is 0 Å². The quantitative estimate of drug-likeness (QED) is 0.610. The molecule has 0 amide bonds. The molecule has 1 fully saturated rings. The van der Waals surface area contributed by atoms with Gasteiger partial charge in [-0.25, -0.2) is 18.2 Å². The summed E-state index contributed by atoms with van der Waals surface area (Å²) in [5, 5.41) is 10.1. The molecule has 0 unspecified atom stereocenters. The number of nitrogens with zero attached hydrogens (tertiary/aromatic N) is 4. The summed E-state index contributed by atoms with van der Waals surface area (Å²) in [5.74, 6) is 0. The predicted octanol–water partition coefficient (Wildman–Crippen LogP) is 1.33. The number of hydrogen-bond donors (Lipinski definition) is 1. The first kappa shape index (κ1) is 20.5. The molecule has 30 heavy (non-hydrogen) atoms. The topological polar surface area (TPSA) is 127 Å². The SMILES string of the molecule is CCn1c(=O)n(Cc2cnc(C)s2)c(=O)c2cc(S(=O)(=O)NC3(C#N)CC3)ccc21. The second-order valence-electron chi connectivity index (χ2n) is 7.24. The van der Waals surface area contributed by atoms with Gasteiger partial charge < -0.3 is 0 Å². The number of nitrogens with one attached hydrogen (secondary N) is 1. The van der Waals surface area contributed by atoms with Gasteiger partial charge in [0, 0.05) is 17.6 Å². The van der Waals surface area contributed by atoms with Crippen molar-refractivity contribution in [3.8, 4) is 6.07 Å². The van der Waals surface area contributed by atoms with Crippen LogP contribution in [0.25, 0.3) is 10.9 Å². The largest absolute Gasteiger partial charge is 0.331 e. The Morgan fingerprint density at radius 2 is 2.03 bits per heavy atom. The van der Waals surface area contributed by atoms with Gasteiger partial charge in [0.2, 0.25) is 10.0 Å². The molecule has 0 spiro atoms. The molecule has 0 atom stereocenters. The van der Waals surface area contributed by atoms with Crippen LogP contribution in [0.3, 0.4) is 0 Å². The maximum absolute atomic E-state index is 13.1. The first-order valence-corrected chi connectivity index (χ1v) is 11.6. The van der Waals surface area contributed by atoms with Crippen molar-refractivity contribution in [2.75, 3.05) is 0 Å². The van der Waals surface area contributed by atoms with Gasteiger partial charge in [-0.1, -0.05) is 0 Å². The molecule has 0 bridgehead atoms. The number of hydrogen-bond acceptors (Lipinski definition) is 7. The van der Waals surface area contributed by atoms with E-state index in [0.29, 0.717) is 24.9 Å². The van der Waals surface area contributed by atoms with Crippen LogP contribution in [0, 0.1) is 18.3 Å². The second kappa shape index (κ2) is 7.16. The summed E-state index contributed by atoms with van der Waals surface area (Å²) < 4.78 is 30.5. The lowest BCUT2D eigenvalue weighted by atomic mass is 10.2. The highest BCUT2D eigenvalue weighted by atomic mass is 32.2. The Hall–Kier alpha value is -2.81. The van der Waals surface area contributed by atoms with Crippen LogP contribution in [0.4, 0.5) is 0 Å². The maximum Gasteiger partial charge on any atom is 0.331 e. The van der Waals surface area contributed by atoms with Gasteiger partial charge in [0.1, 0.15) is 5.54 Å². The molecular weight excluding hydrogens is 426 g/mol. The normalized spacial score (nSPS) is 15.2. The smallest absolute Gasteiger partial charge is 0.293 e. The molecule has 1 aliphatic carbocycles. The van der Waals surface area contributed by atoms with Crippen LogP contribution in [-0.4, -0.2) is 28.1 Å². The van der Waals surface area contributed by atoms with Crippen LogP contribution in [-0.2, 0) is 23.1 Å². The third-order valence-electron chi connectivity index (χ3n) is 5.10. The zero-order chi connectivity index (χ0) is 21.7. The number of fused-ring (bicyclic) bond motifs is 1. The third-order valence-corrected chi connectivity index (χ3v) is 7.53. The van der Waals surface area contributed by atoms with E-state index < -0.39 is 26.8 Å². The molecule has 0 radical (unpaired) electrons. The average Bonchev–Trinajstić information content (AvgIpc) is 3.36. The number of rotatable bonds is 6. The van der Waals surface area contributed by atoms with Crippen molar-refractivity contribution in [2.45, 2.75) is 50.2 Å². The second-order valence-corrected chi connectivity index (χ2v) is 10.2. The summed E-state index contributed by atoms with van der Waals surface area (Å²) in [7, 11) is -3.99. The highest BCUT2D eigenvalue weighted by molar-refractivity contribution is 7.89. The molecule has 1 N–H and O–H groups in total. The molecule has 1 saturated carbocycles. The summed E-state index contributed by atoms with van der Waals surface area (Å²) in [5.41, 5.74) is -1.73. The monoisotopic (exact) mass is 445 g/mol. The zero-order valence-corrected chi connectivity index (χ0v) is 18.0. The molecule has 9 nitrogen and oxygen atoms in total. The molecule has 0 aliphatic heterocycles. The van der Waals surface area contributed by atoms with Crippen molar-refractivity contribution in [1.29, 1.82) is 5.26 Å². The fourth-order valence-corrected chi connectivity index (χ4v) is 5.51. The van der Waals surface area contributed by atoms with Crippen LogP contribution in [0.15, 0.2) is 38.9 Å². The van der Waals surface area contributed by atoms with Crippen LogP contribution in [0.5, 0.6) is 0 Å². The Bertz CT molecular complexity index is 1420. The van der Waals surface area contributed by atoms with Gasteiger partial charge in [0.05, 0.1) is 33.4 Å². The Labute approximate surface area is 176 Å². The standard InChI is InChI=1S/C19H19N5O4S2/c1-3-23-16-5-4-14(30(27,28)22-19(11-20)6-7-19)8-15(16)17(25)24(18(23)26)10-13-9-21-12(2)29-13/h4-5,8-9,22H,3,6-7,10H2,1-2H3. The van der Waals surface area contributed by atoms with E-state index in [1.807, 2.05) is 13.0 Å². The first-order valence-electron chi connectivity index (χ1n) is 9.33. The number of aryl methyl sites for hydroxylation is 2. The minimum Gasteiger partial charge on any atom is -0.293 e. The van der Waals surface area contributed by atoms with Gasteiger partial charge in [-0.3, -0.25) is 13.9 Å². The molecule has 0 saturated heterocycles. The van der Waals surface area contributed by atoms with E-state index in [1.165, 1.54) is 34.1 Å². The van der Waals surface area contributed by atoms with E-state index in [-0.39, 0.29) is 16.8 Å². The average molecular weight is 446 g/mol. The summed E-state index contributed by atoms with van der Waals surface area (Å²) in [4.78, 5) is 30.8. The van der Waals surface area contributed by atoms with Gasteiger partial charge in [0.25, 0.3) is 5.56 Å². The van der Waals surface area contributed by atoms with E-state index in [0.717, 1.165) is 14.5 Å². The first-order chi connectivity index (χ1) is 14.2. The van der Waals surface area contributed by atoms with Gasteiger partial charge in [-0.15, -0.1) is 11.3 Å². The molecule has 11 heteroatoms. The molecule has 2 heterocycles. The van der Waals surface area contributed by atoms with Crippen molar-refractivity contribution in [1.82, 2.24) is 18.8 Å².